The van der Waals surface area contributed by atoms with Crippen molar-refractivity contribution in [3.8, 4) is 5.69 Å². The summed E-state index contributed by atoms with van der Waals surface area (Å²) in [5, 5.41) is 4.34. The number of para-hydroxylation sites is 1. The molecule has 2 nitrogen and oxygen atoms in total. The van der Waals surface area contributed by atoms with E-state index in [1.807, 2.05) is 35.1 Å². The van der Waals surface area contributed by atoms with Gasteiger partial charge in [-0.2, -0.15) is 29.4 Å². The van der Waals surface area contributed by atoms with E-state index in [4.69, 9.17) is 0 Å². The van der Waals surface area contributed by atoms with E-state index in [9.17, 15) is 0 Å². The number of aryl methyl sites for hydroxylation is 1. The molecular formula is C12H13N2Pt-. The summed E-state index contributed by atoms with van der Waals surface area (Å²) >= 11 is 0. The van der Waals surface area contributed by atoms with Crippen molar-refractivity contribution in [2.75, 3.05) is 0 Å². The SMILES string of the molecule is CCc1cnn(-c2[c-]cccc2)c1C.[Pt]. The summed E-state index contributed by atoms with van der Waals surface area (Å²) in [7, 11) is 0. The molecule has 0 saturated carbocycles. The summed E-state index contributed by atoms with van der Waals surface area (Å²) in [5.74, 6) is 0. The number of hydrogen-bond acceptors (Lipinski definition) is 1. The monoisotopic (exact) mass is 380 g/mol. The molecule has 0 saturated heterocycles. The molecule has 0 radical (unpaired) electrons. The Kier molecular flexibility index (Phi) is 4.28. The van der Waals surface area contributed by atoms with Gasteiger partial charge in [0, 0.05) is 26.8 Å². The van der Waals surface area contributed by atoms with Crippen LogP contribution < -0.4 is 0 Å². The van der Waals surface area contributed by atoms with E-state index in [1.54, 1.807) is 0 Å². The Balaban J connectivity index is 0.00000112. The minimum atomic E-state index is 0. The maximum atomic E-state index is 4.34. The summed E-state index contributed by atoms with van der Waals surface area (Å²) in [6.07, 6.45) is 2.95. The molecule has 0 spiro atoms. The molecule has 1 heterocycles. The van der Waals surface area contributed by atoms with E-state index in [2.05, 4.69) is 25.0 Å². The Hall–Kier alpha value is -0.882. The molecule has 2 rings (SSSR count). The molecule has 0 N–H and O–H groups in total. The number of hydrogen-bond donors (Lipinski definition) is 0. The van der Waals surface area contributed by atoms with Crippen LogP contribution in [-0.2, 0) is 27.5 Å². The predicted octanol–water partition coefficient (Wildman–Crippen LogP) is 2.54. The number of aromatic nitrogens is 2. The Morgan fingerprint density at radius 1 is 1.40 bits per heavy atom. The van der Waals surface area contributed by atoms with Crippen LogP contribution >= 0.6 is 0 Å². The molecule has 1 aromatic carbocycles. The normalized spacial score (nSPS) is 9.73. The predicted molar refractivity (Wildman–Crippen MR) is 56.5 cm³/mol. The van der Waals surface area contributed by atoms with Gasteiger partial charge in [-0.05, 0) is 24.6 Å². The van der Waals surface area contributed by atoms with Crippen LogP contribution in [0.2, 0.25) is 0 Å². The molecule has 2 aromatic rings. The van der Waals surface area contributed by atoms with Crippen molar-refractivity contribution in [3.05, 3.63) is 47.8 Å². The Bertz CT molecular complexity index is 420. The summed E-state index contributed by atoms with van der Waals surface area (Å²) in [5.41, 5.74) is 3.50. The van der Waals surface area contributed by atoms with Gasteiger partial charge in [0.15, 0.2) is 0 Å². The van der Waals surface area contributed by atoms with E-state index >= 15 is 0 Å². The zero-order chi connectivity index (χ0) is 9.97. The number of rotatable bonds is 2. The first-order valence-electron chi connectivity index (χ1n) is 4.83. The maximum Gasteiger partial charge on any atom is 0.0528 e. The minimum absolute atomic E-state index is 0. The molecule has 0 amide bonds. The molecule has 1 aromatic heterocycles. The Labute approximate surface area is 105 Å². The molecular weight excluding hydrogens is 367 g/mol. The van der Waals surface area contributed by atoms with Crippen molar-refractivity contribution in [1.29, 1.82) is 0 Å². The van der Waals surface area contributed by atoms with Gasteiger partial charge in [-0.25, -0.2) is 0 Å². The average Bonchev–Trinajstić information content (AvgIpc) is 2.61. The van der Waals surface area contributed by atoms with Gasteiger partial charge in [0.05, 0.1) is 6.20 Å². The smallest absolute Gasteiger partial charge is 0.0528 e. The molecule has 0 fully saturated rings. The van der Waals surface area contributed by atoms with E-state index in [1.165, 1.54) is 11.3 Å². The Morgan fingerprint density at radius 2 is 2.20 bits per heavy atom. The molecule has 0 bridgehead atoms. The van der Waals surface area contributed by atoms with Crippen molar-refractivity contribution in [3.63, 3.8) is 0 Å². The fourth-order valence-electron chi connectivity index (χ4n) is 1.55. The second kappa shape index (κ2) is 5.27. The molecule has 0 atom stereocenters. The third-order valence-corrected chi connectivity index (χ3v) is 2.41. The fourth-order valence-corrected chi connectivity index (χ4v) is 1.55. The van der Waals surface area contributed by atoms with Crippen LogP contribution in [0.5, 0.6) is 0 Å². The van der Waals surface area contributed by atoms with Crippen molar-refractivity contribution >= 4 is 0 Å². The molecule has 0 aliphatic carbocycles. The van der Waals surface area contributed by atoms with Gasteiger partial charge in [-0.1, -0.05) is 6.92 Å². The maximum absolute atomic E-state index is 4.34. The average molecular weight is 380 g/mol. The second-order valence-corrected chi connectivity index (χ2v) is 3.27. The molecule has 0 aliphatic rings. The molecule has 3 heteroatoms. The van der Waals surface area contributed by atoms with Crippen LogP contribution in [0.4, 0.5) is 0 Å². The van der Waals surface area contributed by atoms with Gasteiger partial charge in [0.2, 0.25) is 0 Å². The summed E-state index contributed by atoms with van der Waals surface area (Å²) in [6.45, 7) is 4.23. The largest absolute Gasteiger partial charge is 0.263 e. The topological polar surface area (TPSA) is 17.8 Å². The molecule has 0 unspecified atom stereocenters. The first-order valence-corrected chi connectivity index (χ1v) is 4.83. The number of benzene rings is 1. The molecule has 0 aliphatic heterocycles. The van der Waals surface area contributed by atoms with Crippen molar-refractivity contribution < 1.29 is 21.1 Å². The first-order chi connectivity index (χ1) is 6.83. The van der Waals surface area contributed by atoms with Gasteiger partial charge >= 0.3 is 0 Å². The van der Waals surface area contributed by atoms with Gasteiger partial charge in [0.1, 0.15) is 0 Å². The first kappa shape index (κ1) is 12.2. The third-order valence-electron chi connectivity index (χ3n) is 2.41. The fraction of sp³-hybridized carbons (Fsp3) is 0.250. The molecule has 82 valence electrons. The third kappa shape index (κ3) is 2.38. The Morgan fingerprint density at radius 3 is 2.73 bits per heavy atom. The van der Waals surface area contributed by atoms with Gasteiger partial charge in [-0.15, -0.1) is 6.07 Å². The summed E-state index contributed by atoms with van der Waals surface area (Å²) in [6, 6.07) is 11.0. The van der Waals surface area contributed by atoms with Crippen molar-refractivity contribution in [2.45, 2.75) is 20.3 Å². The van der Waals surface area contributed by atoms with E-state index in [0.29, 0.717) is 0 Å². The van der Waals surface area contributed by atoms with Crippen LogP contribution in [0.1, 0.15) is 18.2 Å². The van der Waals surface area contributed by atoms with E-state index < -0.39 is 0 Å². The number of nitrogens with zero attached hydrogens (tertiary/aromatic N) is 2. The standard InChI is InChI=1S/C12H13N2.Pt/c1-3-11-9-13-14(10(11)2)12-7-5-4-6-8-12;/h4-7,9H,3H2,1-2H3;/q-1;. The zero-order valence-corrected chi connectivity index (χ0v) is 11.1. The van der Waals surface area contributed by atoms with Gasteiger partial charge < -0.3 is 0 Å². The quantitative estimate of drug-likeness (QED) is 0.733. The summed E-state index contributed by atoms with van der Waals surface area (Å²) < 4.78 is 1.93. The van der Waals surface area contributed by atoms with E-state index in [-0.39, 0.29) is 21.1 Å². The van der Waals surface area contributed by atoms with Crippen LogP contribution in [0.25, 0.3) is 5.69 Å². The van der Waals surface area contributed by atoms with Gasteiger partial charge in [0.25, 0.3) is 0 Å². The van der Waals surface area contributed by atoms with Crippen LogP contribution in [0.3, 0.4) is 0 Å². The van der Waals surface area contributed by atoms with Gasteiger partial charge in [-0.3, -0.25) is 4.68 Å². The van der Waals surface area contributed by atoms with Crippen LogP contribution in [0, 0.1) is 13.0 Å². The molecule has 15 heavy (non-hydrogen) atoms. The van der Waals surface area contributed by atoms with Crippen molar-refractivity contribution in [1.82, 2.24) is 9.78 Å². The van der Waals surface area contributed by atoms with Crippen LogP contribution in [-0.4, -0.2) is 9.78 Å². The second-order valence-electron chi connectivity index (χ2n) is 3.27. The zero-order valence-electron chi connectivity index (χ0n) is 8.80. The van der Waals surface area contributed by atoms with Crippen molar-refractivity contribution in [2.24, 2.45) is 0 Å². The summed E-state index contributed by atoms with van der Waals surface area (Å²) in [4.78, 5) is 0. The minimum Gasteiger partial charge on any atom is -0.263 e. The van der Waals surface area contributed by atoms with Crippen LogP contribution in [0.15, 0.2) is 30.5 Å². The van der Waals surface area contributed by atoms with E-state index in [0.717, 1.165) is 12.1 Å².